The van der Waals surface area contributed by atoms with Crippen molar-refractivity contribution in [3.8, 4) is 5.75 Å². The molecule has 2 aliphatic heterocycles. The maximum Gasteiger partial charge on any atom is 0.270 e. The van der Waals surface area contributed by atoms with Crippen LogP contribution in [0.4, 0.5) is 0 Å². The molecular weight excluding hydrogens is 292 g/mol. The van der Waals surface area contributed by atoms with Gasteiger partial charge in [-0.05, 0) is 38.4 Å². The summed E-state index contributed by atoms with van der Waals surface area (Å²) in [5, 5.41) is 3.06. The monoisotopic (exact) mass is 318 g/mol. The fraction of sp³-hybridized carbons (Fsp3) is 0.647. The van der Waals surface area contributed by atoms with Crippen molar-refractivity contribution in [3.63, 3.8) is 0 Å². The van der Waals surface area contributed by atoms with Gasteiger partial charge in [-0.1, -0.05) is 0 Å². The van der Waals surface area contributed by atoms with E-state index in [9.17, 15) is 4.79 Å². The lowest BCUT2D eigenvalue weighted by molar-refractivity contribution is 0.0909. The zero-order valence-electron chi connectivity index (χ0n) is 14.0. The van der Waals surface area contributed by atoms with E-state index in [1.807, 2.05) is 6.07 Å². The molecule has 1 N–H and O–H groups in total. The van der Waals surface area contributed by atoms with E-state index in [-0.39, 0.29) is 11.9 Å². The van der Waals surface area contributed by atoms with Crippen molar-refractivity contribution in [1.82, 2.24) is 20.1 Å². The Hall–Kier alpha value is -1.66. The average molecular weight is 318 g/mol. The van der Waals surface area contributed by atoms with Gasteiger partial charge in [0.25, 0.3) is 5.91 Å². The topological polar surface area (TPSA) is 57.7 Å². The van der Waals surface area contributed by atoms with E-state index in [1.165, 1.54) is 0 Å². The molecule has 2 aliphatic rings. The van der Waals surface area contributed by atoms with Crippen LogP contribution in [-0.4, -0.2) is 73.1 Å². The predicted octanol–water partition coefficient (Wildman–Crippen LogP) is 0.772. The Morgan fingerprint density at radius 2 is 2.17 bits per heavy atom. The Kier molecular flexibility index (Phi) is 5.13. The van der Waals surface area contributed by atoms with Crippen molar-refractivity contribution < 1.29 is 9.53 Å². The predicted molar refractivity (Wildman–Crippen MR) is 88.9 cm³/mol. The highest BCUT2D eigenvalue weighted by molar-refractivity contribution is 5.92. The highest BCUT2D eigenvalue weighted by Crippen LogP contribution is 2.23. The molecule has 1 saturated heterocycles. The standard InChI is InChI=1S/C17H26N4O2/c1-13(12-21-7-5-20(2)6-8-21)19-17(22)15-10-14-4-3-9-23-16(14)11-18-15/h10-11,13H,3-9,12H2,1-2H3,(H,19,22). The van der Waals surface area contributed by atoms with Crippen LogP contribution in [0.15, 0.2) is 12.3 Å². The summed E-state index contributed by atoms with van der Waals surface area (Å²) in [6, 6.07) is 1.98. The van der Waals surface area contributed by atoms with Crippen LogP contribution in [0.5, 0.6) is 5.75 Å². The molecule has 0 spiro atoms. The molecule has 3 heterocycles. The highest BCUT2D eigenvalue weighted by Gasteiger charge is 2.19. The number of carbonyl (C=O) groups is 1. The molecule has 1 aromatic rings. The fourth-order valence-electron chi connectivity index (χ4n) is 3.14. The summed E-state index contributed by atoms with van der Waals surface area (Å²) in [6.07, 6.45) is 3.63. The number of carbonyl (C=O) groups excluding carboxylic acids is 1. The summed E-state index contributed by atoms with van der Waals surface area (Å²) in [7, 11) is 2.15. The molecule has 0 aromatic carbocycles. The SMILES string of the molecule is CC(CN1CCN(C)CC1)NC(=O)c1cc2c(cn1)OCCC2. The number of nitrogens with one attached hydrogen (secondary N) is 1. The Bertz CT molecular complexity index is 556. The first-order valence-electron chi connectivity index (χ1n) is 8.45. The van der Waals surface area contributed by atoms with Gasteiger partial charge in [0.2, 0.25) is 0 Å². The fourth-order valence-corrected chi connectivity index (χ4v) is 3.14. The molecule has 23 heavy (non-hydrogen) atoms. The van der Waals surface area contributed by atoms with Crippen LogP contribution in [0.1, 0.15) is 29.4 Å². The Labute approximate surface area is 137 Å². The second kappa shape index (κ2) is 7.27. The first kappa shape index (κ1) is 16.2. The van der Waals surface area contributed by atoms with Gasteiger partial charge in [0.05, 0.1) is 12.8 Å². The van der Waals surface area contributed by atoms with Gasteiger partial charge in [0.1, 0.15) is 11.4 Å². The Morgan fingerprint density at radius 3 is 2.96 bits per heavy atom. The van der Waals surface area contributed by atoms with Gasteiger partial charge in [-0.25, -0.2) is 4.98 Å². The number of pyridine rings is 1. The van der Waals surface area contributed by atoms with Crippen molar-refractivity contribution in [2.24, 2.45) is 0 Å². The van der Waals surface area contributed by atoms with Crippen molar-refractivity contribution in [2.45, 2.75) is 25.8 Å². The van der Waals surface area contributed by atoms with E-state index in [2.05, 4.69) is 34.1 Å². The molecule has 0 saturated carbocycles. The van der Waals surface area contributed by atoms with Crippen LogP contribution in [0.2, 0.25) is 0 Å². The number of rotatable bonds is 4. The molecular formula is C17H26N4O2. The van der Waals surface area contributed by atoms with Gasteiger partial charge in [0.15, 0.2) is 0 Å². The number of hydrogen-bond donors (Lipinski definition) is 1. The number of piperazine rings is 1. The average Bonchev–Trinajstić information content (AvgIpc) is 2.56. The number of nitrogens with zero attached hydrogens (tertiary/aromatic N) is 3. The van der Waals surface area contributed by atoms with Crippen molar-refractivity contribution in [1.29, 1.82) is 0 Å². The molecule has 1 fully saturated rings. The Morgan fingerprint density at radius 1 is 1.39 bits per heavy atom. The lowest BCUT2D eigenvalue weighted by Crippen LogP contribution is -2.49. The molecule has 6 nitrogen and oxygen atoms in total. The number of likely N-dealkylation sites (N-methyl/N-ethyl adjacent to an activating group) is 1. The van der Waals surface area contributed by atoms with Crippen LogP contribution in [0.3, 0.4) is 0 Å². The van der Waals surface area contributed by atoms with E-state index in [0.717, 1.165) is 63.5 Å². The first-order chi connectivity index (χ1) is 11.1. The molecule has 1 unspecified atom stereocenters. The highest BCUT2D eigenvalue weighted by atomic mass is 16.5. The van der Waals surface area contributed by atoms with Crippen molar-refractivity contribution in [3.05, 3.63) is 23.5 Å². The quantitative estimate of drug-likeness (QED) is 0.889. The molecule has 6 heteroatoms. The number of ether oxygens (including phenoxy) is 1. The zero-order chi connectivity index (χ0) is 16.2. The van der Waals surface area contributed by atoms with Crippen LogP contribution in [-0.2, 0) is 6.42 Å². The molecule has 3 rings (SSSR count). The second-order valence-electron chi connectivity index (χ2n) is 6.61. The number of hydrogen-bond acceptors (Lipinski definition) is 5. The lowest BCUT2D eigenvalue weighted by Gasteiger charge is -2.34. The van der Waals surface area contributed by atoms with E-state index in [0.29, 0.717) is 5.69 Å². The van der Waals surface area contributed by atoms with Gasteiger partial charge >= 0.3 is 0 Å². The molecule has 1 atom stereocenters. The summed E-state index contributed by atoms with van der Waals surface area (Å²) in [5.41, 5.74) is 1.57. The molecule has 1 aromatic heterocycles. The number of aryl methyl sites for hydroxylation is 1. The van der Waals surface area contributed by atoms with E-state index in [4.69, 9.17) is 4.74 Å². The van der Waals surface area contributed by atoms with Gasteiger partial charge in [-0.2, -0.15) is 0 Å². The van der Waals surface area contributed by atoms with E-state index >= 15 is 0 Å². The molecule has 1 amide bonds. The third-order valence-electron chi connectivity index (χ3n) is 4.53. The van der Waals surface area contributed by atoms with Gasteiger partial charge in [-0.15, -0.1) is 0 Å². The normalized spacial score (nSPS) is 20.4. The molecule has 0 bridgehead atoms. The summed E-state index contributed by atoms with van der Waals surface area (Å²) in [4.78, 5) is 21.4. The molecule has 126 valence electrons. The Balaban J connectivity index is 1.54. The van der Waals surface area contributed by atoms with Gasteiger partial charge in [0, 0.05) is 38.8 Å². The van der Waals surface area contributed by atoms with Crippen molar-refractivity contribution in [2.75, 3.05) is 46.4 Å². The number of fused-ring (bicyclic) bond motifs is 1. The second-order valence-corrected chi connectivity index (χ2v) is 6.61. The van der Waals surface area contributed by atoms with E-state index < -0.39 is 0 Å². The van der Waals surface area contributed by atoms with Gasteiger partial charge in [-0.3, -0.25) is 9.69 Å². The van der Waals surface area contributed by atoms with Crippen LogP contribution >= 0.6 is 0 Å². The van der Waals surface area contributed by atoms with Crippen LogP contribution < -0.4 is 10.1 Å². The first-order valence-corrected chi connectivity index (χ1v) is 8.45. The number of amides is 1. The summed E-state index contributed by atoms with van der Waals surface area (Å²) < 4.78 is 5.54. The molecule has 0 radical (unpaired) electrons. The zero-order valence-corrected chi connectivity index (χ0v) is 14.0. The number of aromatic nitrogens is 1. The van der Waals surface area contributed by atoms with Gasteiger partial charge < -0.3 is 15.0 Å². The largest absolute Gasteiger partial charge is 0.492 e. The third-order valence-corrected chi connectivity index (χ3v) is 4.53. The van der Waals surface area contributed by atoms with Crippen LogP contribution in [0, 0.1) is 0 Å². The minimum absolute atomic E-state index is 0.0972. The minimum Gasteiger partial charge on any atom is -0.492 e. The summed E-state index contributed by atoms with van der Waals surface area (Å²) in [5.74, 6) is 0.721. The maximum absolute atomic E-state index is 12.4. The molecule has 0 aliphatic carbocycles. The van der Waals surface area contributed by atoms with E-state index in [1.54, 1.807) is 6.20 Å². The maximum atomic E-state index is 12.4. The summed E-state index contributed by atoms with van der Waals surface area (Å²) >= 11 is 0. The third kappa shape index (κ3) is 4.20. The summed E-state index contributed by atoms with van der Waals surface area (Å²) in [6.45, 7) is 7.98. The smallest absolute Gasteiger partial charge is 0.270 e. The van der Waals surface area contributed by atoms with Crippen LogP contribution in [0.25, 0.3) is 0 Å². The van der Waals surface area contributed by atoms with Crippen molar-refractivity contribution >= 4 is 5.91 Å². The minimum atomic E-state index is -0.0972. The lowest BCUT2D eigenvalue weighted by atomic mass is 10.1.